The first-order chi connectivity index (χ1) is 3.18. The molecule has 1 unspecified atom stereocenters. The van der Waals surface area contributed by atoms with Crippen LogP contribution in [0, 0.1) is 0 Å². The van der Waals surface area contributed by atoms with Gasteiger partial charge in [0, 0.05) is 32.2 Å². The number of nitrogens with zero attached hydrogens (tertiary/aromatic N) is 1. The van der Waals surface area contributed by atoms with Gasteiger partial charge in [-0.25, -0.2) is 0 Å². The molecule has 0 radical (unpaired) electrons. The fourth-order valence-corrected chi connectivity index (χ4v) is 0.163. The first kappa shape index (κ1) is 11.6. The summed E-state index contributed by atoms with van der Waals surface area (Å²) < 4.78 is 0. The van der Waals surface area contributed by atoms with Gasteiger partial charge in [-0.1, -0.05) is 0 Å². The first-order valence-corrected chi connectivity index (χ1v) is 2.45. The van der Waals surface area contributed by atoms with E-state index >= 15 is 0 Å². The monoisotopic (exact) mass is 193 g/mol. The third kappa shape index (κ3) is 4.95. The van der Waals surface area contributed by atoms with Gasteiger partial charge < -0.3 is 10.0 Å². The molecule has 2 nitrogen and oxygen atoms in total. The van der Waals surface area contributed by atoms with E-state index < -0.39 is 0 Å². The van der Waals surface area contributed by atoms with Crippen molar-refractivity contribution < 1.29 is 31.3 Å². The molecule has 0 heterocycles. The van der Waals surface area contributed by atoms with Crippen molar-refractivity contribution in [1.29, 1.82) is 0 Å². The minimum Gasteiger partial charge on any atom is -0.395 e. The number of likely N-dealkylation sites (N-methyl/N-ethyl adjacent to an activating group) is 1. The Morgan fingerprint density at radius 1 is 1.50 bits per heavy atom. The van der Waals surface area contributed by atoms with Crippen molar-refractivity contribution in [3.63, 3.8) is 0 Å². The molecule has 0 rings (SSSR count). The van der Waals surface area contributed by atoms with E-state index in [1.54, 1.807) is 0 Å². The van der Waals surface area contributed by atoms with Crippen molar-refractivity contribution in [2.45, 2.75) is 13.0 Å². The number of aliphatic hydroxyl groups excluding tert-OH is 1. The molecule has 0 saturated heterocycles. The van der Waals surface area contributed by atoms with Crippen molar-refractivity contribution in [2.24, 2.45) is 0 Å². The quantitative estimate of drug-likeness (QED) is 0.665. The Morgan fingerprint density at radius 3 is 1.88 bits per heavy atom. The summed E-state index contributed by atoms with van der Waals surface area (Å²) in [7, 11) is 3.89. The molecule has 3 heteroatoms. The summed E-state index contributed by atoms with van der Waals surface area (Å²) in [5, 5.41) is 8.46. The fraction of sp³-hybridized carbons (Fsp3) is 1.00. The Kier molecular flexibility index (Phi) is 8.59. The van der Waals surface area contributed by atoms with E-state index in [9.17, 15) is 0 Å². The smallest absolute Gasteiger partial charge is 0.0583 e. The van der Waals surface area contributed by atoms with Gasteiger partial charge in [-0.2, -0.15) is 0 Å². The van der Waals surface area contributed by atoms with Crippen LogP contribution >= 0.6 is 0 Å². The first-order valence-electron chi connectivity index (χ1n) is 2.45. The molecule has 0 fully saturated rings. The predicted octanol–water partition coefficient (Wildman–Crippen LogP) is -0.0737. The molecular formula is C5H13NOZr. The topological polar surface area (TPSA) is 23.5 Å². The summed E-state index contributed by atoms with van der Waals surface area (Å²) in [6.45, 7) is 2.22. The maximum Gasteiger partial charge on any atom is 0.0583 e. The molecule has 0 amide bonds. The van der Waals surface area contributed by atoms with Gasteiger partial charge in [0.05, 0.1) is 6.61 Å². The Bertz CT molecular complexity index is 49.7. The van der Waals surface area contributed by atoms with E-state index in [1.807, 2.05) is 25.9 Å². The Labute approximate surface area is 70.0 Å². The Balaban J connectivity index is 0. The minimum absolute atomic E-state index is 0. The third-order valence-corrected chi connectivity index (χ3v) is 1.15. The van der Waals surface area contributed by atoms with Gasteiger partial charge in [0.2, 0.25) is 0 Å². The molecule has 0 aromatic carbocycles. The molecule has 0 saturated carbocycles. The van der Waals surface area contributed by atoms with E-state index in [0.717, 1.165) is 0 Å². The Hall–Kier alpha value is 0.803. The largest absolute Gasteiger partial charge is 0.395 e. The van der Waals surface area contributed by atoms with Gasteiger partial charge in [0.25, 0.3) is 0 Å². The van der Waals surface area contributed by atoms with Crippen molar-refractivity contribution in [2.75, 3.05) is 20.7 Å². The van der Waals surface area contributed by atoms with Gasteiger partial charge in [0.15, 0.2) is 0 Å². The molecule has 0 spiro atoms. The van der Waals surface area contributed by atoms with Gasteiger partial charge in [-0.15, -0.1) is 0 Å². The SMILES string of the molecule is CC(CO)N(C)C.[Zr]. The van der Waals surface area contributed by atoms with Gasteiger partial charge in [-0.05, 0) is 21.0 Å². The van der Waals surface area contributed by atoms with E-state index in [4.69, 9.17) is 5.11 Å². The molecule has 0 aromatic heterocycles. The van der Waals surface area contributed by atoms with Gasteiger partial charge in [-0.3, -0.25) is 0 Å². The van der Waals surface area contributed by atoms with Crippen LogP contribution in [0.25, 0.3) is 0 Å². The molecule has 1 atom stereocenters. The van der Waals surface area contributed by atoms with Crippen LogP contribution in [0.3, 0.4) is 0 Å². The van der Waals surface area contributed by atoms with Gasteiger partial charge in [0.1, 0.15) is 0 Å². The van der Waals surface area contributed by atoms with Crippen molar-refractivity contribution >= 4 is 0 Å². The number of hydrogen-bond acceptors (Lipinski definition) is 2. The Morgan fingerprint density at radius 2 is 1.88 bits per heavy atom. The zero-order chi connectivity index (χ0) is 5.86. The zero-order valence-electron chi connectivity index (χ0n) is 5.68. The number of rotatable bonds is 2. The summed E-state index contributed by atoms with van der Waals surface area (Å²) in [6, 6.07) is 0.292. The van der Waals surface area contributed by atoms with Crippen LogP contribution in [0.15, 0.2) is 0 Å². The van der Waals surface area contributed by atoms with Crippen LogP contribution in [0.1, 0.15) is 6.92 Å². The van der Waals surface area contributed by atoms with Crippen LogP contribution in [0.5, 0.6) is 0 Å². The second-order valence-corrected chi connectivity index (χ2v) is 2.00. The normalized spacial score (nSPS) is 13.1. The number of hydrogen-bond donors (Lipinski definition) is 1. The maximum atomic E-state index is 8.46. The van der Waals surface area contributed by atoms with E-state index in [2.05, 4.69) is 0 Å². The van der Waals surface area contributed by atoms with Crippen LogP contribution in [-0.2, 0) is 26.2 Å². The zero-order valence-corrected chi connectivity index (χ0v) is 8.14. The summed E-state index contributed by atoms with van der Waals surface area (Å²) in [5.41, 5.74) is 0. The molecule has 1 N–H and O–H groups in total. The third-order valence-electron chi connectivity index (χ3n) is 1.15. The summed E-state index contributed by atoms with van der Waals surface area (Å²) >= 11 is 0. The summed E-state index contributed by atoms with van der Waals surface area (Å²) in [6.07, 6.45) is 0. The van der Waals surface area contributed by atoms with Crippen molar-refractivity contribution in [3.05, 3.63) is 0 Å². The fourth-order valence-electron chi connectivity index (χ4n) is 0.163. The molecule has 0 aliphatic carbocycles. The average Bonchev–Trinajstić information content (AvgIpc) is 1.65. The van der Waals surface area contributed by atoms with Gasteiger partial charge >= 0.3 is 0 Å². The maximum absolute atomic E-state index is 8.46. The molecular weight excluding hydrogens is 181 g/mol. The molecule has 48 valence electrons. The minimum atomic E-state index is 0. The molecule has 0 aliphatic rings. The summed E-state index contributed by atoms with van der Waals surface area (Å²) in [4.78, 5) is 1.97. The second kappa shape index (κ2) is 5.93. The van der Waals surface area contributed by atoms with Crippen molar-refractivity contribution in [3.8, 4) is 0 Å². The molecule has 0 aliphatic heterocycles. The molecule has 8 heavy (non-hydrogen) atoms. The average molecular weight is 194 g/mol. The van der Waals surface area contributed by atoms with E-state index in [1.165, 1.54) is 0 Å². The van der Waals surface area contributed by atoms with Crippen LogP contribution in [-0.4, -0.2) is 36.8 Å². The van der Waals surface area contributed by atoms with Crippen LogP contribution in [0.4, 0.5) is 0 Å². The second-order valence-electron chi connectivity index (χ2n) is 2.00. The predicted molar refractivity (Wildman–Crippen MR) is 30.2 cm³/mol. The van der Waals surface area contributed by atoms with Crippen LogP contribution in [0.2, 0.25) is 0 Å². The van der Waals surface area contributed by atoms with E-state index in [-0.39, 0.29) is 32.8 Å². The van der Waals surface area contributed by atoms with E-state index in [0.29, 0.717) is 6.04 Å². The molecule has 0 aromatic rings. The standard InChI is InChI=1S/C5H13NO.Zr/c1-5(4-7)6(2)3;/h5,7H,4H2,1-3H3;. The summed E-state index contributed by atoms with van der Waals surface area (Å²) in [5.74, 6) is 0. The van der Waals surface area contributed by atoms with Crippen molar-refractivity contribution in [1.82, 2.24) is 4.90 Å². The molecule has 0 bridgehead atoms. The number of aliphatic hydroxyl groups is 1. The van der Waals surface area contributed by atoms with Crippen LogP contribution < -0.4 is 0 Å².